The number of rotatable bonds is 8. The Morgan fingerprint density at radius 1 is 0.967 bits per heavy atom. The maximum Gasteiger partial charge on any atom is 0.269 e. The number of benzene rings is 2. The van der Waals surface area contributed by atoms with Crippen LogP contribution in [0.15, 0.2) is 75.8 Å². The summed E-state index contributed by atoms with van der Waals surface area (Å²) in [6.07, 6.45) is 0. The van der Waals surface area contributed by atoms with E-state index in [0.717, 1.165) is 29.8 Å². The zero-order valence-corrected chi connectivity index (χ0v) is 18.2. The quantitative estimate of drug-likeness (QED) is 0.401. The fourth-order valence-electron chi connectivity index (χ4n) is 2.75. The summed E-state index contributed by atoms with van der Waals surface area (Å²) in [4.78, 5) is 10.5. The van der Waals surface area contributed by atoms with Crippen molar-refractivity contribution < 1.29 is 21.8 Å². The largest absolute Gasteiger partial charge is 0.269 e. The van der Waals surface area contributed by atoms with Crippen molar-refractivity contribution in [1.82, 2.24) is 4.72 Å². The molecule has 3 rings (SSSR count). The molecule has 1 aromatic heterocycles. The Kier molecular flexibility index (Phi) is 6.36. The second-order valence-corrected chi connectivity index (χ2v) is 11.3. The second kappa shape index (κ2) is 8.64. The van der Waals surface area contributed by atoms with E-state index in [9.17, 15) is 26.9 Å². The Morgan fingerprint density at radius 2 is 1.57 bits per heavy atom. The SMILES string of the molecule is Cc1ccc(S(=O)(=O)[C@H](CNS(=O)(=O)c2ccc([N+](=O)[O-])cc2)c2cccs2)cc1. The van der Waals surface area contributed by atoms with Gasteiger partial charge < -0.3 is 0 Å². The lowest BCUT2D eigenvalue weighted by Crippen LogP contribution is -2.31. The van der Waals surface area contributed by atoms with Gasteiger partial charge in [-0.3, -0.25) is 10.1 Å². The third kappa shape index (κ3) is 4.75. The van der Waals surface area contributed by atoms with Crippen molar-refractivity contribution in [1.29, 1.82) is 0 Å². The van der Waals surface area contributed by atoms with Crippen molar-refractivity contribution >= 4 is 36.9 Å². The first-order valence-electron chi connectivity index (χ1n) is 8.69. The molecule has 0 aliphatic carbocycles. The van der Waals surface area contributed by atoms with Crippen LogP contribution in [0.3, 0.4) is 0 Å². The molecular formula is C19H18N2O6S3. The Morgan fingerprint density at radius 3 is 2.10 bits per heavy atom. The van der Waals surface area contributed by atoms with Crippen LogP contribution in [0.4, 0.5) is 5.69 Å². The Balaban J connectivity index is 1.89. The molecule has 0 fully saturated rings. The summed E-state index contributed by atoms with van der Waals surface area (Å²) in [6, 6.07) is 14.1. The minimum Gasteiger partial charge on any atom is -0.258 e. The lowest BCUT2D eigenvalue weighted by molar-refractivity contribution is -0.384. The van der Waals surface area contributed by atoms with Crippen LogP contribution in [-0.4, -0.2) is 28.3 Å². The number of nitro groups is 1. The van der Waals surface area contributed by atoms with E-state index in [1.165, 1.54) is 23.5 Å². The van der Waals surface area contributed by atoms with E-state index in [-0.39, 0.29) is 22.0 Å². The zero-order valence-electron chi connectivity index (χ0n) is 15.8. The van der Waals surface area contributed by atoms with Crippen molar-refractivity contribution in [3.8, 4) is 0 Å². The molecule has 30 heavy (non-hydrogen) atoms. The number of nitrogens with one attached hydrogen (secondary N) is 1. The highest BCUT2D eigenvalue weighted by Crippen LogP contribution is 2.32. The molecule has 1 atom stereocenters. The monoisotopic (exact) mass is 466 g/mol. The molecule has 0 amide bonds. The van der Waals surface area contributed by atoms with Crippen molar-refractivity contribution in [2.24, 2.45) is 0 Å². The van der Waals surface area contributed by atoms with Gasteiger partial charge in [0.05, 0.1) is 14.7 Å². The van der Waals surface area contributed by atoms with Crippen molar-refractivity contribution in [2.45, 2.75) is 22.0 Å². The molecule has 11 heteroatoms. The molecule has 0 bridgehead atoms. The lowest BCUT2D eigenvalue weighted by atomic mass is 10.2. The van der Waals surface area contributed by atoms with Gasteiger partial charge >= 0.3 is 0 Å². The smallest absolute Gasteiger partial charge is 0.258 e. The number of non-ortho nitro benzene ring substituents is 1. The van der Waals surface area contributed by atoms with E-state index >= 15 is 0 Å². The average Bonchev–Trinajstić information content (AvgIpc) is 3.22. The second-order valence-electron chi connectivity index (χ2n) is 6.47. The van der Waals surface area contributed by atoms with Gasteiger partial charge in [0.1, 0.15) is 5.25 Å². The number of sulfonamides is 1. The van der Waals surface area contributed by atoms with E-state index in [2.05, 4.69) is 4.72 Å². The van der Waals surface area contributed by atoms with Crippen LogP contribution in [0, 0.1) is 17.0 Å². The topological polar surface area (TPSA) is 123 Å². The van der Waals surface area contributed by atoms with Gasteiger partial charge in [0.25, 0.3) is 5.69 Å². The van der Waals surface area contributed by atoms with Gasteiger partial charge in [-0.2, -0.15) is 0 Å². The molecule has 158 valence electrons. The predicted molar refractivity (Wildman–Crippen MR) is 114 cm³/mol. The van der Waals surface area contributed by atoms with E-state index in [1.807, 2.05) is 6.92 Å². The van der Waals surface area contributed by atoms with Gasteiger partial charge in [0.2, 0.25) is 10.0 Å². The van der Waals surface area contributed by atoms with Crippen molar-refractivity contribution in [3.05, 3.63) is 86.6 Å². The standard InChI is InChI=1S/C19H18N2O6S3/c1-14-4-8-16(9-5-14)29(24,25)19(18-3-2-12-28-18)13-20-30(26,27)17-10-6-15(7-11-17)21(22)23/h2-12,19-20H,13H2,1H3/t19-/m1/s1. The molecule has 0 unspecified atom stereocenters. The molecule has 0 saturated heterocycles. The molecule has 2 aromatic carbocycles. The van der Waals surface area contributed by atoms with E-state index in [1.54, 1.807) is 29.6 Å². The maximum atomic E-state index is 13.2. The summed E-state index contributed by atoms with van der Waals surface area (Å²) < 4.78 is 54.0. The van der Waals surface area contributed by atoms with E-state index in [0.29, 0.717) is 4.88 Å². The molecule has 0 saturated carbocycles. The maximum absolute atomic E-state index is 13.2. The summed E-state index contributed by atoms with van der Waals surface area (Å²) in [5.74, 6) is 0. The van der Waals surface area contributed by atoms with E-state index < -0.39 is 30.0 Å². The molecule has 3 aromatic rings. The summed E-state index contributed by atoms with van der Waals surface area (Å²) >= 11 is 1.22. The number of hydrogen-bond donors (Lipinski definition) is 1. The average molecular weight is 467 g/mol. The first kappa shape index (κ1) is 22.1. The Hall–Kier alpha value is -2.60. The Bertz CT molecular complexity index is 1230. The van der Waals surface area contributed by atoms with Crippen LogP contribution >= 0.6 is 11.3 Å². The lowest BCUT2D eigenvalue weighted by Gasteiger charge is -2.18. The normalized spacial score (nSPS) is 13.1. The number of thiophene rings is 1. The number of hydrogen-bond acceptors (Lipinski definition) is 7. The summed E-state index contributed by atoms with van der Waals surface area (Å²) in [6.45, 7) is 1.46. The van der Waals surface area contributed by atoms with Gasteiger partial charge in [-0.15, -0.1) is 11.3 Å². The highest BCUT2D eigenvalue weighted by Gasteiger charge is 2.31. The highest BCUT2D eigenvalue weighted by molar-refractivity contribution is 7.92. The number of nitro benzene ring substituents is 1. The number of aryl methyl sites for hydroxylation is 1. The van der Waals surface area contributed by atoms with Crippen LogP contribution in [0.25, 0.3) is 0 Å². The van der Waals surface area contributed by atoms with Crippen LogP contribution in [0.2, 0.25) is 0 Å². The zero-order chi connectivity index (χ0) is 21.9. The Labute approximate surface area is 178 Å². The van der Waals surface area contributed by atoms with Crippen LogP contribution < -0.4 is 4.72 Å². The highest BCUT2D eigenvalue weighted by atomic mass is 32.2. The fraction of sp³-hybridized carbons (Fsp3) is 0.158. The molecule has 8 nitrogen and oxygen atoms in total. The van der Waals surface area contributed by atoms with Gasteiger partial charge in [-0.05, 0) is 42.6 Å². The predicted octanol–water partition coefficient (Wildman–Crippen LogP) is 3.46. The molecular weight excluding hydrogens is 448 g/mol. The molecule has 0 radical (unpaired) electrons. The summed E-state index contributed by atoms with van der Waals surface area (Å²) in [5, 5.41) is 11.4. The van der Waals surface area contributed by atoms with Crippen molar-refractivity contribution in [3.63, 3.8) is 0 Å². The minimum absolute atomic E-state index is 0.0982. The fourth-order valence-corrected chi connectivity index (χ4v) is 6.68. The van der Waals surface area contributed by atoms with Gasteiger partial charge in [-0.1, -0.05) is 23.8 Å². The van der Waals surface area contributed by atoms with Crippen LogP contribution in [-0.2, 0) is 19.9 Å². The van der Waals surface area contributed by atoms with Gasteiger partial charge in [-0.25, -0.2) is 21.6 Å². The summed E-state index contributed by atoms with van der Waals surface area (Å²) in [7, 11) is -7.94. The third-order valence-electron chi connectivity index (χ3n) is 4.40. The molecule has 1 heterocycles. The molecule has 0 spiro atoms. The molecule has 1 N–H and O–H groups in total. The number of nitrogens with zero attached hydrogens (tertiary/aromatic N) is 1. The minimum atomic E-state index is -4.07. The number of sulfone groups is 1. The van der Waals surface area contributed by atoms with Crippen molar-refractivity contribution in [2.75, 3.05) is 6.54 Å². The first-order chi connectivity index (χ1) is 14.1. The van der Waals surface area contributed by atoms with Crippen LogP contribution in [0.1, 0.15) is 15.7 Å². The van der Waals surface area contributed by atoms with Gasteiger partial charge in [0, 0.05) is 23.6 Å². The third-order valence-corrected chi connectivity index (χ3v) is 9.07. The molecule has 0 aliphatic rings. The van der Waals surface area contributed by atoms with Gasteiger partial charge in [0.15, 0.2) is 9.84 Å². The van der Waals surface area contributed by atoms with Crippen LogP contribution in [0.5, 0.6) is 0 Å². The van der Waals surface area contributed by atoms with E-state index in [4.69, 9.17) is 0 Å². The summed E-state index contributed by atoms with van der Waals surface area (Å²) in [5.41, 5.74) is 0.660. The first-order valence-corrected chi connectivity index (χ1v) is 12.6. The molecule has 0 aliphatic heterocycles.